The van der Waals surface area contributed by atoms with Crippen LogP contribution in [-0.4, -0.2) is 71.9 Å². The number of nitrogens with one attached hydrogen (secondary N) is 3. The van der Waals surface area contributed by atoms with E-state index >= 15 is 0 Å². The third-order valence-corrected chi connectivity index (χ3v) is 8.23. The lowest BCUT2D eigenvalue weighted by atomic mass is 9.83. The van der Waals surface area contributed by atoms with Crippen LogP contribution >= 0.6 is 0 Å². The van der Waals surface area contributed by atoms with E-state index in [1.54, 1.807) is 25.7 Å². The molecule has 4 amide bonds. The molecule has 0 aromatic heterocycles. The van der Waals surface area contributed by atoms with Gasteiger partial charge in [0.15, 0.2) is 0 Å². The zero-order valence-electron chi connectivity index (χ0n) is 24.9. The maximum atomic E-state index is 14.2. The van der Waals surface area contributed by atoms with Gasteiger partial charge in [-0.2, -0.15) is 0 Å². The molecule has 3 fully saturated rings. The van der Waals surface area contributed by atoms with Gasteiger partial charge in [-0.25, -0.2) is 10.3 Å². The maximum absolute atomic E-state index is 14.2. The number of Topliss-reactive ketones (excluding diaryl/α,β-unsaturated/α-hetero) is 1. The summed E-state index contributed by atoms with van der Waals surface area (Å²) >= 11 is 0. The van der Waals surface area contributed by atoms with Crippen molar-refractivity contribution in [1.29, 1.82) is 0 Å². The maximum Gasteiger partial charge on any atom is 0.408 e. The Hall–Kier alpha value is -2.69. The van der Waals surface area contributed by atoms with Gasteiger partial charge in [0.2, 0.25) is 17.6 Å². The molecule has 3 N–H and O–H groups in total. The van der Waals surface area contributed by atoms with Crippen LogP contribution in [0.3, 0.4) is 0 Å². The summed E-state index contributed by atoms with van der Waals surface area (Å²) in [6.45, 7) is 9.69. The number of hydrogen-bond donors (Lipinski definition) is 3. The van der Waals surface area contributed by atoms with Gasteiger partial charge < -0.3 is 20.3 Å². The molecule has 2 saturated carbocycles. The first-order valence-electron chi connectivity index (χ1n) is 14.8. The quantitative estimate of drug-likeness (QED) is 0.259. The molecule has 0 spiro atoms. The van der Waals surface area contributed by atoms with Crippen molar-refractivity contribution in [3.05, 3.63) is 0 Å². The van der Waals surface area contributed by atoms with Crippen molar-refractivity contribution in [2.75, 3.05) is 13.7 Å². The van der Waals surface area contributed by atoms with E-state index in [1.807, 2.05) is 19.3 Å². The van der Waals surface area contributed by atoms with Crippen LogP contribution in [0.4, 0.5) is 4.79 Å². The molecule has 0 radical (unpaired) electrons. The topological polar surface area (TPSA) is 143 Å². The number of likely N-dealkylation sites (tertiary alicyclic amines) is 1. The number of nitrogens with zero attached hydrogens (tertiary/aromatic N) is 1. The highest BCUT2D eigenvalue weighted by Crippen LogP contribution is 2.36. The molecule has 1 heterocycles. The minimum absolute atomic E-state index is 0.0579. The molecule has 11 nitrogen and oxygen atoms in total. The fourth-order valence-electron chi connectivity index (χ4n) is 6.04. The second kappa shape index (κ2) is 13.8. The summed E-state index contributed by atoms with van der Waals surface area (Å²) in [5.74, 6) is -2.29. The van der Waals surface area contributed by atoms with E-state index in [-0.39, 0.29) is 29.6 Å². The SMILES string of the molecule is CONC(=O)C(=O)C(CC1CC1)NC(=O)[C@@H]1[C@@H](C(C)C)CCN1C(=O)[C@@H](NC(=O)OC(C)(C)C)C1CCCCC1. The van der Waals surface area contributed by atoms with Gasteiger partial charge >= 0.3 is 12.0 Å². The smallest absolute Gasteiger partial charge is 0.408 e. The van der Waals surface area contributed by atoms with Crippen LogP contribution in [-0.2, 0) is 28.8 Å². The Kier molecular flexibility index (Phi) is 11.0. The van der Waals surface area contributed by atoms with Crippen molar-refractivity contribution >= 4 is 29.6 Å². The van der Waals surface area contributed by atoms with Crippen LogP contribution < -0.4 is 16.1 Å². The summed E-state index contributed by atoms with van der Waals surface area (Å²) in [6.07, 6.45) is 6.83. The normalized spacial score (nSPS) is 23.3. The molecule has 3 aliphatic rings. The Morgan fingerprint density at radius 3 is 2.12 bits per heavy atom. The molecule has 0 aromatic carbocycles. The van der Waals surface area contributed by atoms with Crippen molar-refractivity contribution in [3.63, 3.8) is 0 Å². The molecule has 11 heteroatoms. The molecule has 226 valence electrons. The number of ketones is 1. The fraction of sp³-hybridized carbons (Fsp3) is 0.828. The fourth-order valence-corrected chi connectivity index (χ4v) is 6.04. The predicted octanol–water partition coefficient (Wildman–Crippen LogP) is 2.86. The zero-order valence-corrected chi connectivity index (χ0v) is 24.9. The van der Waals surface area contributed by atoms with Crippen LogP contribution in [0.1, 0.15) is 92.4 Å². The van der Waals surface area contributed by atoms with Crippen molar-refractivity contribution < 1.29 is 33.5 Å². The molecule has 3 rings (SSSR count). The highest BCUT2D eigenvalue weighted by molar-refractivity contribution is 6.38. The minimum atomic E-state index is -1.01. The number of hydroxylamine groups is 1. The van der Waals surface area contributed by atoms with Crippen molar-refractivity contribution in [1.82, 2.24) is 21.0 Å². The molecule has 0 bridgehead atoms. The van der Waals surface area contributed by atoms with Gasteiger partial charge in [-0.3, -0.25) is 24.0 Å². The largest absolute Gasteiger partial charge is 0.444 e. The van der Waals surface area contributed by atoms with Gasteiger partial charge in [0.25, 0.3) is 0 Å². The van der Waals surface area contributed by atoms with Crippen LogP contribution in [0.2, 0.25) is 0 Å². The van der Waals surface area contributed by atoms with E-state index in [9.17, 15) is 24.0 Å². The van der Waals surface area contributed by atoms with E-state index < -0.39 is 47.4 Å². The Labute approximate surface area is 237 Å². The molecule has 1 aliphatic heterocycles. The zero-order chi connectivity index (χ0) is 29.6. The average Bonchev–Trinajstić information content (AvgIpc) is 3.58. The van der Waals surface area contributed by atoms with Crippen molar-refractivity contribution in [2.45, 2.75) is 116 Å². The van der Waals surface area contributed by atoms with E-state index in [1.165, 1.54) is 7.11 Å². The first-order valence-corrected chi connectivity index (χ1v) is 14.8. The molecule has 1 unspecified atom stereocenters. The molecule has 1 saturated heterocycles. The lowest BCUT2D eigenvalue weighted by Crippen LogP contribution is -2.59. The third kappa shape index (κ3) is 8.65. The van der Waals surface area contributed by atoms with Gasteiger partial charge in [0.1, 0.15) is 17.7 Å². The number of rotatable bonds is 11. The second-order valence-corrected chi connectivity index (χ2v) is 12.9. The third-order valence-electron chi connectivity index (χ3n) is 8.23. The second-order valence-electron chi connectivity index (χ2n) is 12.9. The lowest BCUT2D eigenvalue weighted by Gasteiger charge is -2.36. The van der Waals surface area contributed by atoms with E-state index in [4.69, 9.17) is 4.74 Å². The van der Waals surface area contributed by atoms with E-state index in [2.05, 4.69) is 15.5 Å². The van der Waals surface area contributed by atoms with Gasteiger partial charge in [-0.05, 0) is 70.1 Å². The monoisotopic (exact) mass is 564 g/mol. The molecular formula is C29H48N4O7. The van der Waals surface area contributed by atoms with Gasteiger partial charge in [0.05, 0.1) is 13.2 Å². The summed E-state index contributed by atoms with van der Waals surface area (Å²) in [4.78, 5) is 72.1. The summed E-state index contributed by atoms with van der Waals surface area (Å²) < 4.78 is 5.48. The van der Waals surface area contributed by atoms with Gasteiger partial charge in [0, 0.05) is 6.54 Å². The summed E-state index contributed by atoms with van der Waals surface area (Å²) in [6, 6.07) is -2.64. The van der Waals surface area contributed by atoms with Crippen molar-refractivity contribution in [2.24, 2.45) is 23.7 Å². The summed E-state index contributed by atoms with van der Waals surface area (Å²) in [5, 5.41) is 5.66. The number of carbonyl (C=O) groups excluding carboxylic acids is 5. The highest BCUT2D eigenvalue weighted by atomic mass is 16.6. The average molecular weight is 565 g/mol. The standard InChI is InChI=1S/C29H48N4O7/c1-17(2)20-14-15-33(23(20)25(35)30-21(16-18-12-13-18)24(34)26(36)32-39-6)27(37)22(19-10-8-7-9-11-19)31-28(38)40-29(3,4)5/h17-23H,7-16H2,1-6H3,(H,30,35)(H,31,38)(H,32,36)/t20-,21?,22+,23+/m1/s1. The van der Waals surface area contributed by atoms with Crippen LogP contribution in [0, 0.1) is 23.7 Å². The number of amides is 4. The van der Waals surface area contributed by atoms with Crippen molar-refractivity contribution in [3.8, 4) is 0 Å². The Bertz CT molecular complexity index is 937. The van der Waals surface area contributed by atoms with E-state index in [0.717, 1.165) is 44.9 Å². The highest BCUT2D eigenvalue weighted by Gasteiger charge is 2.47. The van der Waals surface area contributed by atoms with Gasteiger partial charge in [-0.1, -0.05) is 46.0 Å². The first kappa shape index (κ1) is 31.8. The number of alkyl carbamates (subject to hydrolysis) is 1. The number of hydrogen-bond acceptors (Lipinski definition) is 7. The van der Waals surface area contributed by atoms with Gasteiger partial charge in [-0.15, -0.1) is 0 Å². The first-order chi connectivity index (χ1) is 18.8. The molecule has 2 aliphatic carbocycles. The summed E-state index contributed by atoms with van der Waals surface area (Å²) in [5.41, 5.74) is 1.32. The van der Waals surface area contributed by atoms with Crippen LogP contribution in [0.5, 0.6) is 0 Å². The Morgan fingerprint density at radius 2 is 1.57 bits per heavy atom. The predicted molar refractivity (Wildman–Crippen MR) is 148 cm³/mol. The molecular weight excluding hydrogens is 516 g/mol. The van der Waals surface area contributed by atoms with E-state index in [0.29, 0.717) is 19.4 Å². The molecule has 0 aromatic rings. The Morgan fingerprint density at radius 1 is 0.925 bits per heavy atom. The summed E-state index contributed by atoms with van der Waals surface area (Å²) in [7, 11) is 1.24. The lowest BCUT2D eigenvalue weighted by molar-refractivity contribution is -0.147. The molecule has 4 atom stereocenters. The minimum Gasteiger partial charge on any atom is -0.444 e. The Balaban J connectivity index is 1.84. The molecule has 40 heavy (non-hydrogen) atoms. The van der Waals surface area contributed by atoms with Crippen LogP contribution in [0.25, 0.3) is 0 Å². The number of carbonyl (C=O) groups is 5. The number of ether oxygens (including phenoxy) is 1. The van der Waals surface area contributed by atoms with Crippen LogP contribution in [0.15, 0.2) is 0 Å².